The smallest absolute Gasteiger partial charge is 0.348 e. The summed E-state index contributed by atoms with van der Waals surface area (Å²) in [5.74, 6) is -0.951. The summed E-state index contributed by atoms with van der Waals surface area (Å²) < 4.78 is 0. The standard InChI is InChI=1S/C15H17NO2S/c1-4-11-12(16)14(15(17)18)19-13(11)10-6-8(2)5-9(3)7-10/h5-7H,4,16H2,1-3H3,(H,17,18). The van der Waals surface area contributed by atoms with Gasteiger partial charge in [-0.25, -0.2) is 4.79 Å². The van der Waals surface area contributed by atoms with Crippen LogP contribution in [0.3, 0.4) is 0 Å². The number of benzene rings is 1. The first-order valence-corrected chi connectivity index (χ1v) is 6.98. The lowest BCUT2D eigenvalue weighted by Gasteiger charge is -2.05. The van der Waals surface area contributed by atoms with E-state index in [1.165, 1.54) is 22.5 Å². The van der Waals surface area contributed by atoms with Crippen molar-refractivity contribution in [1.82, 2.24) is 0 Å². The molecule has 0 unspecified atom stereocenters. The van der Waals surface area contributed by atoms with Crippen molar-refractivity contribution in [3.8, 4) is 10.4 Å². The normalized spacial score (nSPS) is 10.7. The Labute approximate surface area is 116 Å². The Hall–Kier alpha value is -1.81. The third-order valence-corrected chi connectivity index (χ3v) is 4.36. The highest BCUT2D eigenvalue weighted by Gasteiger charge is 2.20. The van der Waals surface area contributed by atoms with Gasteiger partial charge >= 0.3 is 5.97 Å². The summed E-state index contributed by atoms with van der Waals surface area (Å²) in [7, 11) is 0. The molecular formula is C15H17NO2S. The van der Waals surface area contributed by atoms with Gasteiger partial charge in [0.15, 0.2) is 0 Å². The number of nitrogens with two attached hydrogens (primary N) is 1. The Balaban J connectivity index is 2.67. The van der Waals surface area contributed by atoms with E-state index in [4.69, 9.17) is 5.73 Å². The molecule has 19 heavy (non-hydrogen) atoms. The number of hydrogen-bond acceptors (Lipinski definition) is 3. The van der Waals surface area contributed by atoms with Gasteiger partial charge in [-0.05, 0) is 31.4 Å². The molecule has 3 N–H and O–H groups in total. The molecule has 1 aromatic carbocycles. The summed E-state index contributed by atoms with van der Waals surface area (Å²) in [5.41, 5.74) is 10.7. The molecule has 0 saturated carbocycles. The second-order valence-electron chi connectivity index (χ2n) is 4.69. The predicted molar refractivity (Wildman–Crippen MR) is 80.0 cm³/mol. The van der Waals surface area contributed by atoms with Gasteiger partial charge in [0.05, 0.1) is 5.69 Å². The molecule has 1 heterocycles. The van der Waals surface area contributed by atoms with E-state index in [1.807, 2.05) is 20.8 Å². The number of aryl methyl sites for hydroxylation is 2. The zero-order chi connectivity index (χ0) is 14.2. The molecule has 0 aliphatic heterocycles. The van der Waals surface area contributed by atoms with Crippen LogP contribution in [0.1, 0.15) is 33.3 Å². The first-order chi connectivity index (χ1) is 8.93. The molecule has 2 rings (SSSR count). The van der Waals surface area contributed by atoms with Crippen LogP contribution in [0.25, 0.3) is 10.4 Å². The van der Waals surface area contributed by atoms with Crippen molar-refractivity contribution in [2.45, 2.75) is 27.2 Å². The summed E-state index contributed by atoms with van der Waals surface area (Å²) in [4.78, 5) is 12.4. The number of carboxylic acid groups (broad SMARTS) is 1. The molecule has 3 nitrogen and oxygen atoms in total. The van der Waals surface area contributed by atoms with Gasteiger partial charge in [-0.15, -0.1) is 11.3 Å². The summed E-state index contributed by atoms with van der Waals surface area (Å²) in [5, 5.41) is 9.19. The third kappa shape index (κ3) is 2.49. The lowest BCUT2D eigenvalue weighted by atomic mass is 10.0. The minimum absolute atomic E-state index is 0.242. The number of carbonyl (C=O) groups is 1. The number of anilines is 1. The highest BCUT2D eigenvalue weighted by molar-refractivity contribution is 7.18. The first kappa shape index (κ1) is 13.6. The number of carboxylic acids is 1. The van der Waals surface area contributed by atoms with Gasteiger partial charge in [0.1, 0.15) is 4.88 Å². The quantitative estimate of drug-likeness (QED) is 0.893. The van der Waals surface area contributed by atoms with Crippen molar-refractivity contribution in [1.29, 1.82) is 0 Å². The molecule has 1 aromatic heterocycles. The van der Waals surface area contributed by atoms with E-state index < -0.39 is 5.97 Å². The second-order valence-corrected chi connectivity index (χ2v) is 5.71. The summed E-state index contributed by atoms with van der Waals surface area (Å²) in [6.45, 7) is 6.07. The maximum Gasteiger partial charge on any atom is 0.348 e. The van der Waals surface area contributed by atoms with Crippen molar-refractivity contribution >= 4 is 23.0 Å². The first-order valence-electron chi connectivity index (χ1n) is 6.17. The number of rotatable bonds is 3. The van der Waals surface area contributed by atoms with Crippen LogP contribution in [0.4, 0.5) is 5.69 Å². The second kappa shape index (κ2) is 5.05. The maximum atomic E-state index is 11.2. The van der Waals surface area contributed by atoms with Crippen LogP contribution in [-0.2, 0) is 6.42 Å². The van der Waals surface area contributed by atoms with Crippen LogP contribution in [0.5, 0.6) is 0 Å². The zero-order valence-electron chi connectivity index (χ0n) is 11.3. The van der Waals surface area contributed by atoms with Crippen molar-refractivity contribution in [3.05, 3.63) is 39.8 Å². The molecular weight excluding hydrogens is 258 g/mol. The molecule has 0 bridgehead atoms. The number of thiophene rings is 1. The predicted octanol–water partition coefficient (Wildman–Crippen LogP) is 3.87. The van der Waals surface area contributed by atoms with Gasteiger partial charge in [0.2, 0.25) is 0 Å². The van der Waals surface area contributed by atoms with Gasteiger partial charge in [-0.3, -0.25) is 0 Å². The lowest BCUT2D eigenvalue weighted by molar-refractivity contribution is 0.0703. The molecule has 0 fully saturated rings. The van der Waals surface area contributed by atoms with Crippen LogP contribution in [-0.4, -0.2) is 11.1 Å². The van der Waals surface area contributed by atoms with Gasteiger partial charge in [0.25, 0.3) is 0 Å². The van der Waals surface area contributed by atoms with E-state index in [2.05, 4.69) is 18.2 Å². The molecule has 0 spiro atoms. The summed E-state index contributed by atoms with van der Waals surface area (Å²) >= 11 is 1.26. The monoisotopic (exact) mass is 275 g/mol. The van der Waals surface area contributed by atoms with Crippen molar-refractivity contribution < 1.29 is 9.90 Å². The van der Waals surface area contributed by atoms with E-state index in [0.29, 0.717) is 5.69 Å². The largest absolute Gasteiger partial charge is 0.477 e. The fourth-order valence-corrected chi connectivity index (χ4v) is 3.46. The molecule has 2 aromatic rings. The molecule has 0 saturated heterocycles. The van der Waals surface area contributed by atoms with Crippen LogP contribution >= 0.6 is 11.3 Å². The molecule has 0 atom stereocenters. The highest BCUT2D eigenvalue weighted by atomic mass is 32.1. The Bertz CT molecular complexity index is 624. The Morgan fingerprint density at radius 3 is 2.32 bits per heavy atom. The topological polar surface area (TPSA) is 63.3 Å². The maximum absolute atomic E-state index is 11.2. The van der Waals surface area contributed by atoms with Crippen LogP contribution in [0.2, 0.25) is 0 Å². The van der Waals surface area contributed by atoms with Crippen LogP contribution in [0, 0.1) is 13.8 Å². The van der Waals surface area contributed by atoms with E-state index in [9.17, 15) is 9.90 Å². The lowest BCUT2D eigenvalue weighted by Crippen LogP contribution is -1.99. The van der Waals surface area contributed by atoms with Crippen molar-refractivity contribution in [3.63, 3.8) is 0 Å². The third-order valence-electron chi connectivity index (χ3n) is 3.08. The van der Waals surface area contributed by atoms with Crippen LogP contribution < -0.4 is 5.73 Å². The molecule has 4 heteroatoms. The van der Waals surface area contributed by atoms with Gasteiger partial charge < -0.3 is 10.8 Å². The average Bonchev–Trinajstić information content (AvgIpc) is 2.65. The fourth-order valence-electron chi connectivity index (χ4n) is 2.33. The summed E-state index contributed by atoms with van der Waals surface area (Å²) in [6.07, 6.45) is 0.734. The van der Waals surface area contributed by atoms with Gasteiger partial charge in [0, 0.05) is 4.88 Å². The number of aromatic carboxylic acids is 1. The average molecular weight is 275 g/mol. The van der Waals surface area contributed by atoms with Crippen molar-refractivity contribution in [2.24, 2.45) is 0 Å². The number of hydrogen-bond donors (Lipinski definition) is 2. The van der Waals surface area contributed by atoms with Gasteiger partial charge in [-0.1, -0.05) is 36.2 Å². The summed E-state index contributed by atoms with van der Waals surface area (Å²) in [6, 6.07) is 6.25. The molecule has 0 radical (unpaired) electrons. The Morgan fingerprint density at radius 1 is 1.26 bits per heavy atom. The molecule has 0 amide bonds. The minimum Gasteiger partial charge on any atom is -0.477 e. The minimum atomic E-state index is -0.951. The number of nitrogen functional groups attached to an aromatic ring is 1. The SMILES string of the molecule is CCc1c(-c2cc(C)cc(C)c2)sc(C(=O)O)c1N. The van der Waals surface area contributed by atoms with Gasteiger partial charge in [-0.2, -0.15) is 0 Å². The van der Waals surface area contributed by atoms with E-state index in [1.54, 1.807) is 0 Å². The fraction of sp³-hybridized carbons (Fsp3) is 0.267. The van der Waals surface area contributed by atoms with E-state index >= 15 is 0 Å². The molecule has 100 valence electrons. The van der Waals surface area contributed by atoms with Crippen molar-refractivity contribution in [2.75, 3.05) is 5.73 Å². The Morgan fingerprint density at radius 2 is 1.84 bits per heavy atom. The van der Waals surface area contributed by atoms with E-state index in [-0.39, 0.29) is 4.88 Å². The molecule has 0 aliphatic rings. The highest BCUT2D eigenvalue weighted by Crippen LogP contribution is 2.39. The zero-order valence-corrected chi connectivity index (χ0v) is 12.1. The molecule has 0 aliphatic carbocycles. The van der Waals surface area contributed by atoms with E-state index in [0.717, 1.165) is 22.4 Å². The van der Waals surface area contributed by atoms with Crippen LogP contribution in [0.15, 0.2) is 18.2 Å². The Kier molecular flexibility index (Phi) is 3.62.